The molecule has 5 rings (SSSR count). The molecule has 7 nitrogen and oxygen atoms in total. The predicted molar refractivity (Wildman–Crippen MR) is 136 cm³/mol. The van der Waals surface area contributed by atoms with Gasteiger partial charge in [-0.05, 0) is 85.7 Å². The molecule has 1 fully saturated rings. The molecule has 0 spiro atoms. The summed E-state index contributed by atoms with van der Waals surface area (Å²) in [6.07, 6.45) is 3.75. The number of nitro benzene ring substituents is 1. The van der Waals surface area contributed by atoms with Crippen LogP contribution >= 0.6 is 12.2 Å². The fourth-order valence-electron chi connectivity index (χ4n) is 4.41. The average Bonchev–Trinajstić information content (AvgIpc) is 3.46. The molecule has 8 heteroatoms. The Kier molecular flexibility index (Phi) is 5.59. The quantitative estimate of drug-likeness (QED) is 0.234. The van der Waals surface area contributed by atoms with E-state index in [4.69, 9.17) is 12.2 Å². The van der Waals surface area contributed by atoms with Crippen LogP contribution < -0.4 is 10.2 Å². The van der Waals surface area contributed by atoms with Crippen molar-refractivity contribution in [1.29, 1.82) is 0 Å². The summed E-state index contributed by atoms with van der Waals surface area (Å²) in [4.78, 5) is 17.5. The molecule has 2 aromatic carbocycles. The van der Waals surface area contributed by atoms with Gasteiger partial charge in [0.25, 0.3) is 5.69 Å². The Balaban J connectivity index is 1.65. The van der Waals surface area contributed by atoms with Crippen molar-refractivity contribution >= 4 is 28.7 Å². The molecule has 0 saturated carbocycles. The van der Waals surface area contributed by atoms with E-state index in [0.717, 1.165) is 22.8 Å². The standard InChI is InChI=1S/C26H23N5O2S/c1-17-8-9-21(16-18(17)2)30-25(24(28-26(30)34)22-6-3-4-14-27-22)23-7-5-15-29(23)19-10-12-20(13-11-19)31(32)33/h3-16,24-25H,1-2H3,(H,28,34). The van der Waals surface area contributed by atoms with Crippen molar-refractivity contribution in [2.75, 3.05) is 4.90 Å². The summed E-state index contributed by atoms with van der Waals surface area (Å²) in [5, 5.41) is 15.2. The Labute approximate surface area is 202 Å². The summed E-state index contributed by atoms with van der Waals surface area (Å²) in [5.74, 6) is 0. The normalized spacial score (nSPS) is 17.6. The minimum Gasteiger partial charge on any atom is -0.351 e. The Morgan fingerprint density at radius 1 is 0.971 bits per heavy atom. The van der Waals surface area contributed by atoms with Gasteiger partial charge >= 0.3 is 0 Å². The Bertz CT molecular complexity index is 1370. The van der Waals surface area contributed by atoms with Crippen molar-refractivity contribution in [3.05, 3.63) is 118 Å². The predicted octanol–water partition coefficient (Wildman–Crippen LogP) is 5.57. The number of nitrogens with one attached hydrogen (secondary N) is 1. The molecule has 170 valence electrons. The number of rotatable bonds is 5. The number of hydrogen-bond donors (Lipinski definition) is 1. The highest BCUT2D eigenvalue weighted by molar-refractivity contribution is 7.80. The van der Waals surface area contributed by atoms with E-state index >= 15 is 0 Å². The molecule has 0 amide bonds. The van der Waals surface area contributed by atoms with Gasteiger partial charge < -0.3 is 14.8 Å². The average molecular weight is 470 g/mol. The van der Waals surface area contributed by atoms with Gasteiger partial charge in [0.05, 0.1) is 16.7 Å². The highest BCUT2D eigenvalue weighted by Crippen LogP contribution is 2.42. The second kappa shape index (κ2) is 8.72. The third-order valence-electron chi connectivity index (χ3n) is 6.29. The molecule has 2 aromatic heterocycles. The maximum atomic E-state index is 11.1. The smallest absolute Gasteiger partial charge is 0.269 e. The topological polar surface area (TPSA) is 76.2 Å². The zero-order valence-corrected chi connectivity index (χ0v) is 19.6. The van der Waals surface area contributed by atoms with E-state index in [1.54, 1.807) is 18.3 Å². The van der Waals surface area contributed by atoms with Crippen molar-refractivity contribution in [2.45, 2.75) is 25.9 Å². The number of thiocarbonyl (C=S) groups is 1. The molecule has 4 aromatic rings. The summed E-state index contributed by atoms with van der Waals surface area (Å²) < 4.78 is 2.05. The van der Waals surface area contributed by atoms with Crippen LogP contribution in [0.3, 0.4) is 0 Å². The summed E-state index contributed by atoms with van der Waals surface area (Å²) in [6, 6.07) is 22.4. The minimum absolute atomic E-state index is 0.0595. The van der Waals surface area contributed by atoms with Crippen LogP contribution in [0.4, 0.5) is 11.4 Å². The first-order chi connectivity index (χ1) is 16.4. The molecule has 2 unspecified atom stereocenters. The first-order valence-electron chi connectivity index (χ1n) is 10.9. The Morgan fingerprint density at radius 2 is 1.74 bits per heavy atom. The Morgan fingerprint density at radius 3 is 2.41 bits per heavy atom. The van der Waals surface area contributed by atoms with Gasteiger partial charge in [0, 0.05) is 41.6 Å². The second-order valence-corrected chi connectivity index (χ2v) is 8.73. The Hall–Kier alpha value is -4.04. The van der Waals surface area contributed by atoms with Crippen LogP contribution in [0, 0.1) is 24.0 Å². The van der Waals surface area contributed by atoms with Gasteiger partial charge in [-0.25, -0.2) is 0 Å². The third kappa shape index (κ3) is 3.82. The summed E-state index contributed by atoms with van der Waals surface area (Å²) in [5.41, 5.74) is 6.18. The molecule has 1 aliphatic rings. The van der Waals surface area contributed by atoms with E-state index in [1.807, 2.05) is 35.0 Å². The number of non-ortho nitro benzene ring substituents is 1. The first kappa shape index (κ1) is 21.8. The number of pyridine rings is 1. The fraction of sp³-hybridized carbons (Fsp3) is 0.154. The van der Waals surface area contributed by atoms with E-state index in [2.05, 4.69) is 53.3 Å². The molecule has 0 bridgehead atoms. The lowest BCUT2D eigenvalue weighted by Crippen LogP contribution is -2.30. The van der Waals surface area contributed by atoms with Crippen LogP contribution in [0.2, 0.25) is 0 Å². The molecule has 1 aliphatic heterocycles. The van der Waals surface area contributed by atoms with E-state index in [1.165, 1.54) is 23.3 Å². The zero-order valence-electron chi connectivity index (χ0n) is 18.8. The number of benzene rings is 2. The number of hydrogen-bond acceptors (Lipinski definition) is 4. The summed E-state index contributed by atoms with van der Waals surface area (Å²) in [6.45, 7) is 4.18. The van der Waals surface area contributed by atoms with Crippen molar-refractivity contribution in [2.24, 2.45) is 0 Å². The molecule has 2 atom stereocenters. The molecule has 0 aliphatic carbocycles. The lowest BCUT2D eigenvalue weighted by Gasteiger charge is -2.29. The van der Waals surface area contributed by atoms with Crippen LogP contribution in [0.15, 0.2) is 85.2 Å². The van der Waals surface area contributed by atoms with Crippen LogP contribution in [-0.2, 0) is 0 Å². The monoisotopic (exact) mass is 469 g/mol. The largest absolute Gasteiger partial charge is 0.351 e. The molecular formula is C26H23N5O2S. The van der Waals surface area contributed by atoms with Crippen molar-refractivity contribution < 1.29 is 4.92 Å². The van der Waals surface area contributed by atoms with Gasteiger partial charge in [0.15, 0.2) is 5.11 Å². The molecule has 0 radical (unpaired) electrons. The van der Waals surface area contributed by atoms with Gasteiger partial charge in [-0.2, -0.15) is 0 Å². The van der Waals surface area contributed by atoms with Gasteiger partial charge in [0.1, 0.15) is 6.04 Å². The number of nitro groups is 1. The number of nitrogens with zero attached hydrogens (tertiary/aromatic N) is 4. The van der Waals surface area contributed by atoms with Crippen LogP contribution in [-0.4, -0.2) is 19.6 Å². The van der Waals surface area contributed by atoms with Crippen molar-refractivity contribution in [3.63, 3.8) is 0 Å². The van der Waals surface area contributed by atoms with Gasteiger partial charge in [-0.3, -0.25) is 15.1 Å². The fourth-order valence-corrected chi connectivity index (χ4v) is 4.76. The summed E-state index contributed by atoms with van der Waals surface area (Å²) in [7, 11) is 0. The van der Waals surface area contributed by atoms with E-state index in [0.29, 0.717) is 5.11 Å². The van der Waals surface area contributed by atoms with Crippen molar-refractivity contribution in [1.82, 2.24) is 14.9 Å². The number of aromatic nitrogens is 2. The molecule has 1 N–H and O–H groups in total. The third-order valence-corrected chi connectivity index (χ3v) is 6.60. The molecule has 1 saturated heterocycles. The maximum Gasteiger partial charge on any atom is 0.269 e. The SMILES string of the molecule is Cc1ccc(N2C(=S)NC(c3ccccn3)C2c2cccn2-c2ccc([N+](=O)[O-])cc2)cc1C. The van der Waals surface area contributed by atoms with E-state index in [-0.39, 0.29) is 17.8 Å². The van der Waals surface area contributed by atoms with Gasteiger partial charge in [0.2, 0.25) is 0 Å². The number of anilines is 1. The van der Waals surface area contributed by atoms with E-state index in [9.17, 15) is 10.1 Å². The highest BCUT2D eigenvalue weighted by atomic mass is 32.1. The molecular weight excluding hydrogens is 446 g/mol. The lowest BCUT2D eigenvalue weighted by atomic mass is 10.00. The van der Waals surface area contributed by atoms with Crippen LogP contribution in [0.25, 0.3) is 5.69 Å². The first-order valence-corrected chi connectivity index (χ1v) is 11.3. The molecule has 3 heterocycles. The van der Waals surface area contributed by atoms with Gasteiger partial charge in [-0.15, -0.1) is 0 Å². The maximum absolute atomic E-state index is 11.1. The van der Waals surface area contributed by atoms with Crippen LogP contribution in [0.1, 0.15) is 34.6 Å². The number of aryl methyl sites for hydroxylation is 2. The lowest BCUT2D eigenvalue weighted by molar-refractivity contribution is -0.384. The van der Waals surface area contributed by atoms with Crippen LogP contribution in [0.5, 0.6) is 0 Å². The minimum atomic E-state index is -0.391. The van der Waals surface area contributed by atoms with Gasteiger partial charge in [-0.1, -0.05) is 12.1 Å². The van der Waals surface area contributed by atoms with E-state index < -0.39 is 4.92 Å². The zero-order chi connectivity index (χ0) is 23.8. The highest BCUT2D eigenvalue weighted by Gasteiger charge is 2.42. The second-order valence-electron chi connectivity index (χ2n) is 8.34. The summed E-state index contributed by atoms with van der Waals surface area (Å²) >= 11 is 5.84. The molecule has 34 heavy (non-hydrogen) atoms. The van der Waals surface area contributed by atoms with Crippen molar-refractivity contribution in [3.8, 4) is 5.69 Å².